The molecule has 1 aliphatic heterocycles. The van der Waals surface area contributed by atoms with Crippen molar-refractivity contribution < 1.29 is 18.3 Å². The lowest BCUT2D eigenvalue weighted by Crippen LogP contribution is -2.04. The van der Waals surface area contributed by atoms with Crippen LogP contribution in [0.15, 0.2) is 65.8 Å². The van der Waals surface area contributed by atoms with Crippen molar-refractivity contribution in [2.75, 3.05) is 6.79 Å². The first-order valence-electron chi connectivity index (χ1n) is 9.72. The summed E-state index contributed by atoms with van der Waals surface area (Å²) >= 11 is 7.58. The predicted molar refractivity (Wildman–Crippen MR) is 118 cm³/mol. The molecule has 0 amide bonds. The Morgan fingerprint density at radius 1 is 0.906 bits per heavy atom. The third-order valence-electron chi connectivity index (χ3n) is 4.96. The Morgan fingerprint density at radius 2 is 1.69 bits per heavy atom. The van der Waals surface area contributed by atoms with E-state index in [0.717, 1.165) is 16.8 Å². The highest BCUT2D eigenvalue weighted by Gasteiger charge is 2.18. The Balaban J connectivity index is 1.46. The van der Waals surface area contributed by atoms with Crippen LogP contribution in [0.5, 0.6) is 11.5 Å². The fourth-order valence-electron chi connectivity index (χ4n) is 3.37. The highest BCUT2D eigenvalue weighted by Crippen LogP contribution is 2.34. The van der Waals surface area contributed by atoms with Crippen molar-refractivity contribution >= 4 is 23.4 Å². The fourth-order valence-corrected chi connectivity index (χ4v) is 4.66. The van der Waals surface area contributed by atoms with Crippen LogP contribution in [0.25, 0.3) is 5.69 Å². The van der Waals surface area contributed by atoms with Crippen LogP contribution >= 0.6 is 23.4 Å². The topological polar surface area (TPSA) is 49.2 Å². The summed E-state index contributed by atoms with van der Waals surface area (Å²) in [5.74, 6) is 1.85. The number of nitrogens with zero attached hydrogens (tertiary/aromatic N) is 3. The third-order valence-corrected chi connectivity index (χ3v) is 6.29. The maximum Gasteiger partial charge on any atom is 0.231 e. The Bertz CT molecular complexity index is 1280. The van der Waals surface area contributed by atoms with Crippen molar-refractivity contribution in [3.8, 4) is 17.2 Å². The summed E-state index contributed by atoms with van der Waals surface area (Å²) in [5.41, 5.74) is 2.49. The van der Waals surface area contributed by atoms with E-state index >= 15 is 0 Å². The molecule has 162 valence electrons. The van der Waals surface area contributed by atoms with Gasteiger partial charge in [-0.05, 0) is 59.7 Å². The highest BCUT2D eigenvalue weighted by molar-refractivity contribution is 7.98. The van der Waals surface area contributed by atoms with Gasteiger partial charge in [-0.2, -0.15) is 0 Å². The SMILES string of the molecule is Fc1ccc(-n2c(Cc3ccc4c(c3)OCO4)nnc2SCc2ccc(F)cc2Cl)cc1. The van der Waals surface area contributed by atoms with Crippen LogP contribution in [-0.2, 0) is 12.2 Å². The average molecular weight is 472 g/mol. The molecule has 1 aromatic heterocycles. The van der Waals surface area contributed by atoms with Gasteiger partial charge in [-0.1, -0.05) is 35.5 Å². The second kappa shape index (κ2) is 8.80. The molecule has 0 fully saturated rings. The molecule has 3 aromatic carbocycles. The molecule has 0 atom stereocenters. The largest absolute Gasteiger partial charge is 0.454 e. The molecule has 9 heteroatoms. The van der Waals surface area contributed by atoms with Crippen LogP contribution in [0.3, 0.4) is 0 Å². The average Bonchev–Trinajstić information content (AvgIpc) is 3.40. The summed E-state index contributed by atoms with van der Waals surface area (Å²) in [4.78, 5) is 0. The zero-order valence-corrected chi connectivity index (χ0v) is 18.2. The van der Waals surface area contributed by atoms with E-state index in [9.17, 15) is 8.78 Å². The molecule has 4 aromatic rings. The number of hydrogen-bond donors (Lipinski definition) is 0. The normalized spacial score (nSPS) is 12.3. The minimum atomic E-state index is -0.385. The number of hydrogen-bond acceptors (Lipinski definition) is 5. The van der Waals surface area contributed by atoms with E-state index in [0.29, 0.717) is 39.7 Å². The van der Waals surface area contributed by atoms with Crippen LogP contribution < -0.4 is 9.47 Å². The van der Waals surface area contributed by atoms with Gasteiger partial charge in [0.1, 0.15) is 17.5 Å². The maximum absolute atomic E-state index is 13.5. The van der Waals surface area contributed by atoms with Gasteiger partial charge in [0.05, 0.1) is 0 Å². The Morgan fingerprint density at radius 3 is 2.50 bits per heavy atom. The zero-order valence-electron chi connectivity index (χ0n) is 16.6. The van der Waals surface area contributed by atoms with Crippen molar-refractivity contribution in [1.82, 2.24) is 14.8 Å². The Hall–Kier alpha value is -3.10. The van der Waals surface area contributed by atoms with E-state index in [4.69, 9.17) is 21.1 Å². The summed E-state index contributed by atoms with van der Waals surface area (Å²) < 4.78 is 39.6. The summed E-state index contributed by atoms with van der Waals surface area (Å²) in [6, 6.07) is 16.2. The van der Waals surface area contributed by atoms with E-state index in [2.05, 4.69) is 10.2 Å². The molecule has 0 radical (unpaired) electrons. The van der Waals surface area contributed by atoms with Crippen LogP contribution in [0.2, 0.25) is 5.02 Å². The standard InChI is InChI=1S/C23H16ClF2N3O2S/c24-19-11-17(26)3-2-15(19)12-32-23-28-27-22(29(23)18-6-4-16(25)5-7-18)10-14-1-8-20-21(9-14)31-13-30-20/h1-9,11H,10,12-13H2. The van der Waals surface area contributed by atoms with Crippen LogP contribution in [0.4, 0.5) is 8.78 Å². The van der Waals surface area contributed by atoms with Crippen molar-refractivity contribution in [3.05, 3.63) is 94.3 Å². The predicted octanol–water partition coefficient (Wildman–Crippen LogP) is 5.81. The number of rotatable bonds is 6. The molecule has 0 bridgehead atoms. The smallest absolute Gasteiger partial charge is 0.231 e. The van der Waals surface area contributed by atoms with Gasteiger partial charge in [-0.3, -0.25) is 4.57 Å². The lowest BCUT2D eigenvalue weighted by Gasteiger charge is -2.11. The first-order valence-corrected chi connectivity index (χ1v) is 11.1. The number of thioether (sulfide) groups is 1. The summed E-state index contributed by atoms with van der Waals surface area (Å²) in [7, 11) is 0. The van der Waals surface area contributed by atoms with Gasteiger partial charge in [-0.15, -0.1) is 10.2 Å². The first kappa shape index (κ1) is 20.8. The number of halogens is 3. The van der Waals surface area contributed by atoms with Gasteiger partial charge in [0.15, 0.2) is 16.7 Å². The minimum Gasteiger partial charge on any atom is -0.454 e. The first-order chi connectivity index (χ1) is 15.6. The highest BCUT2D eigenvalue weighted by atomic mass is 35.5. The number of ether oxygens (including phenoxy) is 2. The molecule has 0 saturated heterocycles. The number of aromatic nitrogens is 3. The Labute approximate surface area is 192 Å². The van der Waals surface area contributed by atoms with Gasteiger partial charge in [-0.25, -0.2) is 8.78 Å². The van der Waals surface area contributed by atoms with Gasteiger partial charge in [0, 0.05) is 22.9 Å². The molecule has 1 aliphatic rings. The van der Waals surface area contributed by atoms with Crippen molar-refractivity contribution in [2.45, 2.75) is 17.3 Å². The monoisotopic (exact) mass is 471 g/mol. The number of fused-ring (bicyclic) bond motifs is 1. The second-order valence-electron chi connectivity index (χ2n) is 7.10. The van der Waals surface area contributed by atoms with E-state index in [-0.39, 0.29) is 18.4 Å². The molecule has 0 saturated carbocycles. The molecule has 5 rings (SSSR count). The van der Waals surface area contributed by atoms with E-state index in [1.165, 1.54) is 36.0 Å². The van der Waals surface area contributed by atoms with E-state index in [1.54, 1.807) is 18.2 Å². The molecular formula is C23H16ClF2N3O2S. The lowest BCUT2D eigenvalue weighted by molar-refractivity contribution is 0.174. The quantitative estimate of drug-likeness (QED) is 0.332. The van der Waals surface area contributed by atoms with Gasteiger partial charge in [0.25, 0.3) is 0 Å². The molecule has 0 spiro atoms. The van der Waals surface area contributed by atoms with Crippen molar-refractivity contribution in [3.63, 3.8) is 0 Å². The van der Waals surface area contributed by atoms with Gasteiger partial charge in [0.2, 0.25) is 6.79 Å². The fraction of sp³-hybridized carbons (Fsp3) is 0.130. The van der Waals surface area contributed by atoms with Gasteiger partial charge >= 0.3 is 0 Å². The molecule has 0 N–H and O–H groups in total. The molecule has 0 unspecified atom stereocenters. The molecule has 0 aliphatic carbocycles. The summed E-state index contributed by atoms with van der Waals surface area (Å²) in [6.07, 6.45) is 0.485. The number of benzene rings is 3. The van der Waals surface area contributed by atoms with Gasteiger partial charge < -0.3 is 9.47 Å². The van der Waals surface area contributed by atoms with Crippen molar-refractivity contribution in [1.29, 1.82) is 0 Å². The summed E-state index contributed by atoms with van der Waals surface area (Å²) in [5, 5.41) is 9.71. The minimum absolute atomic E-state index is 0.206. The molecular weight excluding hydrogens is 456 g/mol. The van der Waals surface area contributed by atoms with Crippen molar-refractivity contribution in [2.24, 2.45) is 0 Å². The van der Waals surface area contributed by atoms with Crippen LogP contribution in [0.1, 0.15) is 17.0 Å². The molecule has 32 heavy (non-hydrogen) atoms. The van der Waals surface area contributed by atoms with Crippen LogP contribution in [-0.4, -0.2) is 21.6 Å². The van der Waals surface area contributed by atoms with E-state index in [1.807, 2.05) is 22.8 Å². The third kappa shape index (κ3) is 4.28. The molecule has 5 nitrogen and oxygen atoms in total. The maximum atomic E-state index is 13.5. The lowest BCUT2D eigenvalue weighted by atomic mass is 10.1. The molecule has 2 heterocycles. The zero-order chi connectivity index (χ0) is 22.1. The summed E-state index contributed by atoms with van der Waals surface area (Å²) in [6.45, 7) is 0.206. The van der Waals surface area contributed by atoms with Crippen LogP contribution in [0, 0.1) is 11.6 Å². The Kier molecular flexibility index (Phi) is 5.71. The van der Waals surface area contributed by atoms with E-state index < -0.39 is 0 Å². The second-order valence-corrected chi connectivity index (χ2v) is 8.45.